The number of benzene rings is 1. The van der Waals surface area contributed by atoms with Crippen molar-refractivity contribution >= 4 is 21.6 Å². The van der Waals surface area contributed by atoms with Gasteiger partial charge in [-0.15, -0.1) is 0 Å². The lowest BCUT2D eigenvalue weighted by molar-refractivity contribution is 0.565. The molecule has 0 heterocycles. The average Bonchev–Trinajstić information content (AvgIpc) is 2.17. The number of hydrogen-bond donors (Lipinski definition) is 1. The minimum Gasteiger partial charge on any atom is -0.212 e. The van der Waals surface area contributed by atoms with E-state index < -0.39 is 10.0 Å². The van der Waals surface area contributed by atoms with Crippen LogP contribution >= 0.6 is 11.6 Å². The summed E-state index contributed by atoms with van der Waals surface area (Å²) < 4.78 is 25.7. The van der Waals surface area contributed by atoms with Crippen molar-refractivity contribution in [2.45, 2.75) is 26.3 Å². The van der Waals surface area contributed by atoms with E-state index in [9.17, 15) is 8.42 Å². The van der Waals surface area contributed by atoms with E-state index in [2.05, 4.69) is 4.72 Å². The lowest BCUT2D eigenvalue weighted by Crippen LogP contribution is -2.29. The van der Waals surface area contributed by atoms with Crippen LogP contribution in [-0.2, 0) is 10.0 Å². The van der Waals surface area contributed by atoms with Gasteiger partial charge in [0, 0.05) is 11.1 Å². The van der Waals surface area contributed by atoms with Gasteiger partial charge in [0.1, 0.15) is 0 Å². The zero-order valence-electron chi connectivity index (χ0n) is 9.40. The van der Waals surface area contributed by atoms with Crippen LogP contribution in [0.15, 0.2) is 24.3 Å². The van der Waals surface area contributed by atoms with Crippen LogP contribution in [0.5, 0.6) is 0 Å². The van der Waals surface area contributed by atoms with Crippen molar-refractivity contribution in [1.82, 2.24) is 4.72 Å². The van der Waals surface area contributed by atoms with E-state index >= 15 is 0 Å². The summed E-state index contributed by atoms with van der Waals surface area (Å²) in [6, 6.07) is 6.93. The van der Waals surface area contributed by atoms with Crippen LogP contribution in [0.4, 0.5) is 0 Å². The Balaban J connectivity index is 2.81. The number of rotatable bonds is 5. The Bertz CT molecular complexity index is 445. The standard InChI is InChI=1S/C11H16ClNO2S/c1-3-8-16(14,15)13-9(2)10-6-4-5-7-11(10)12/h4-7,9,13H,3,8H2,1-2H3/t9-/m0/s1. The van der Waals surface area contributed by atoms with Gasteiger partial charge in [0.05, 0.1) is 5.75 Å². The Morgan fingerprint density at radius 1 is 1.38 bits per heavy atom. The molecule has 3 nitrogen and oxygen atoms in total. The number of halogens is 1. The monoisotopic (exact) mass is 261 g/mol. The highest BCUT2D eigenvalue weighted by molar-refractivity contribution is 7.89. The zero-order chi connectivity index (χ0) is 12.2. The molecule has 1 aromatic rings. The van der Waals surface area contributed by atoms with Gasteiger partial charge in [-0.1, -0.05) is 36.7 Å². The summed E-state index contributed by atoms with van der Waals surface area (Å²) >= 11 is 5.99. The van der Waals surface area contributed by atoms with Gasteiger partial charge in [0.25, 0.3) is 0 Å². The smallest absolute Gasteiger partial charge is 0.212 e. The minimum absolute atomic E-state index is 0.141. The van der Waals surface area contributed by atoms with Crippen LogP contribution in [0.25, 0.3) is 0 Å². The quantitative estimate of drug-likeness (QED) is 0.886. The second-order valence-electron chi connectivity index (χ2n) is 3.68. The largest absolute Gasteiger partial charge is 0.212 e. The molecule has 0 saturated heterocycles. The molecule has 16 heavy (non-hydrogen) atoms. The Kier molecular flexibility index (Phi) is 4.77. The van der Waals surface area contributed by atoms with Crippen LogP contribution < -0.4 is 4.72 Å². The molecule has 5 heteroatoms. The van der Waals surface area contributed by atoms with Gasteiger partial charge < -0.3 is 0 Å². The first-order valence-electron chi connectivity index (χ1n) is 5.20. The van der Waals surface area contributed by atoms with E-state index in [-0.39, 0.29) is 11.8 Å². The predicted octanol–water partition coefficient (Wildman–Crippen LogP) is 2.73. The predicted molar refractivity (Wildman–Crippen MR) is 67.1 cm³/mol. The molecule has 0 unspecified atom stereocenters. The normalized spacial score (nSPS) is 13.7. The third kappa shape index (κ3) is 3.77. The van der Waals surface area contributed by atoms with Crippen molar-refractivity contribution in [3.05, 3.63) is 34.9 Å². The van der Waals surface area contributed by atoms with Crippen molar-refractivity contribution in [1.29, 1.82) is 0 Å². The fourth-order valence-corrected chi connectivity index (χ4v) is 3.11. The molecular weight excluding hydrogens is 246 g/mol. The molecule has 0 aromatic heterocycles. The molecule has 0 amide bonds. The molecule has 0 aliphatic heterocycles. The number of hydrogen-bond acceptors (Lipinski definition) is 2. The highest BCUT2D eigenvalue weighted by Gasteiger charge is 2.16. The molecule has 0 bridgehead atoms. The summed E-state index contributed by atoms with van der Waals surface area (Å²) in [4.78, 5) is 0. The molecule has 0 aliphatic carbocycles. The lowest BCUT2D eigenvalue weighted by atomic mass is 10.1. The van der Waals surface area contributed by atoms with E-state index in [0.29, 0.717) is 11.4 Å². The summed E-state index contributed by atoms with van der Waals surface area (Å²) in [5.74, 6) is 0.141. The summed E-state index contributed by atoms with van der Waals surface area (Å²) in [6.45, 7) is 3.62. The maximum Gasteiger partial charge on any atom is 0.212 e. The maximum atomic E-state index is 11.6. The zero-order valence-corrected chi connectivity index (χ0v) is 11.0. The average molecular weight is 262 g/mol. The Labute approximate surface area is 102 Å². The Morgan fingerprint density at radius 2 is 2.00 bits per heavy atom. The van der Waals surface area contributed by atoms with Gasteiger partial charge in [-0.3, -0.25) is 0 Å². The summed E-state index contributed by atoms with van der Waals surface area (Å²) in [5, 5.41) is 0.578. The van der Waals surface area contributed by atoms with E-state index in [1.54, 1.807) is 13.0 Å². The van der Waals surface area contributed by atoms with Crippen molar-refractivity contribution in [3.63, 3.8) is 0 Å². The highest BCUT2D eigenvalue weighted by Crippen LogP contribution is 2.22. The molecule has 0 aliphatic rings. The van der Waals surface area contributed by atoms with Gasteiger partial charge in [-0.2, -0.15) is 0 Å². The molecule has 0 saturated carbocycles. The molecule has 90 valence electrons. The topological polar surface area (TPSA) is 46.2 Å². The van der Waals surface area contributed by atoms with E-state index in [1.807, 2.05) is 25.1 Å². The summed E-state index contributed by atoms with van der Waals surface area (Å²) in [5.41, 5.74) is 0.795. The van der Waals surface area contributed by atoms with Crippen LogP contribution in [0.3, 0.4) is 0 Å². The number of nitrogens with one attached hydrogen (secondary N) is 1. The third-order valence-corrected chi connectivity index (χ3v) is 4.20. The van der Waals surface area contributed by atoms with E-state index in [1.165, 1.54) is 0 Å². The molecule has 1 atom stereocenters. The van der Waals surface area contributed by atoms with Crippen LogP contribution in [0.1, 0.15) is 31.9 Å². The number of sulfonamides is 1. The lowest BCUT2D eigenvalue weighted by Gasteiger charge is -2.15. The van der Waals surface area contributed by atoms with Crippen LogP contribution in [0, 0.1) is 0 Å². The molecule has 1 N–H and O–H groups in total. The van der Waals surface area contributed by atoms with Crippen LogP contribution in [-0.4, -0.2) is 14.2 Å². The second-order valence-corrected chi connectivity index (χ2v) is 5.96. The first-order chi connectivity index (χ1) is 7.46. The second kappa shape index (κ2) is 5.66. The van der Waals surface area contributed by atoms with Gasteiger partial charge >= 0.3 is 0 Å². The van der Waals surface area contributed by atoms with Crippen molar-refractivity contribution in [2.24, 2.45) is 0 Å². The molecule has 0 fully saturated rings. The Morgan fingerprint density at radius 3 is 2.56 bits per heavy atom. The van der Waals surface area contributed by atoms with Crippen molar-refractivity contribution in [2.75, 3.05) is 5.75 Å². The van der Waals surface area contributed by atoms with Gasteiger partial charge in [-0.25, -0.2) is 13.1 Å². The van der Waals surface area contributed by atoms with Gasteiger partial charge in [-0.05, 0) is 25.0 Å². The SMILES string of the molecule is CCCS(=O)(=O)N[C@@H](C)c1ccccc1Cl. The first kappa shape index (κ1) is 13.5. The van der Waals surface area contributed by atoms with E-state index in [4.69, 9.17) is 11.6 Å². The van der Waals surface area contributed by atoms with Crippen molar-refractivity contribution in [3.8, 4) is 0 Å². The fraction of sp³-hybridized carbons (Fsp3) is 0.455. The fourth-order valence-electron chi connectivity index (χ4n) is 1.49. The molecular formula is C11H16ClNO2S. The third-order valence-electron chi connectivity index (χ3n) is 2.20. The minimum atomic E-state index is -3.20. The van der Waals surface area contributed by atoms with Gasteiger partial charge in [0.2, 0.25) is 10.0 Å². The molecule has 1 aromatic carbocycles. The van der Waals surface area contributed by atoms with Crippen LogP contribution in [0.2, 0.25) is 5.02 Å². The summed E-state index contributed by atoms with van der Waals surface area (Å²) in [6.07, 6.45) is 0.602. The molecule has 1 rings (SSSR count). The highest BCUT2D eigenvalue weighted by atomic mass is 35.5. The Hall–Kier alpha value is -0.580. The summed E-state index contributed by atoms with van der Waals surface area (Å²) in [7, 11) is -3.20. The van der Waals surface area contributed by atoms with Gasteiger partial charge in [0.15, 0.2) is 0 Å². The van der Waals surface area contributed by atoms with E-state index in [0.717, 1.165) is 5.56 Å². The first-order valence-corrected chi connectivity index (χ1v) is 7.23. The molecule has 0 radical (unpaired) electrons. The molecule has 0 spiro atoms. The maximum absolute atomic E-state index is 11.6. The van der Waals surface area contributed by atoms with Crippen molar-refractivity contribution < 1.29 is 8.42 Å².